The van der Waals surface area contributed by atoms with Crippen LogP contribution in [0.25, 0.3) is 0 Å². The summed E-state index contributed by atoms with van der Waals surface area (Å²) in [7, 11) is -1.12. The zero-order chi connectivity index (χ0) is 15.4. The van der Waals surface area contributed by atoms with Gasteiger partial charge in [-0.1, -0.05) is 0 Å². The van der Waals surface area contributed by atoms with Crippen LogP contribution in [0.4, 0.5) is 0 Å². The van der Waals surface area contributed by atoms with Gasteiger partial charge in [-0.05, 0) is 0 Å². The van der Waals surface area contributed by atoms with Crippen molar-refractivity contribution in [3.8, 4) is 0 Å². The molecule has 0 saturated heterocycles. The second-order valence-corrected chi connectivity index (χ2v) is 22.0. The van der Waals surface area contributed by atoms with E-state index < -0.39 is 24.9 Å². The van der Waals surface area contributed by atoms with Gasteiger partial charge in [0.25, 0.3) is 0 Å². The van der Waals surface area contributed by atoms with Crippen molar-refractivity contribution < 1.29 is 16.1 Å². The van der Waals surface area contributed by atoms with Crippen LogP contribution in [0.3, 0.4) is 0 Å². The normalized spacial score (nSPS) is 15.6. The van der Waals surface area contributed by atoms with Crippen molar-refractivity contribution >= 4 is 19.2 Å². The van der Waals surface area contributed by atoms with Gasteiger partial charge in [0.15, 0.2) is 0 Å². The van der Waals surface area contributed by atoms with E-state index in [-0.39, 0.29) is 0 Å². The zero-order valence-electron chi connectivity index (χ0n) is 13.3. The molecule has 1 aliphatic carbocycles. The summed E-state index contributed by atoms with van der Waals surface area (Å²) in [4.78, 5) is 0. The Morgan fingerprint density at radius 3 is 1.68 bits per heavy atom. The van der Waals surface area contributed by atoms with Gasteiger partial charge in [0, 0.05) is 0 Å². The van der Waals surface area contributed by atoms with Gasteiger partial charge in [0.05, 0.1) is 0 Å². The van der Waals surface area contributed by atoms with Crippen molar-refractivity contribution in [2.75, 3.05) is 0 Å². The standard InChI is InChI=1S/C13H13Si.C5H5.2CH3.Pt/c1-14(12-8-4-2-5-9-12)13-10-6-3-7-11-13;1-2-4-5-3-1;;;/h2-11,14H,1H2;1-5H;2*1H3;. The molecule has 0 radical (unpaired) electrons. The molecule has 3 rings (SSSR count). The van der Waals surface area contributed by atoms with Crippen LogP contribution in [0, 0.1) is 0 Å². The summed E-state index contributed by atoms with van der Waals surface area (Å²) < 4.78 is 2.20. The van der Waals surface area contributed by atoms with Gasteiger partial charge in [-0.25, -0.2) is 0 Å². The first-order valence-corrected chi connectivity index (χ1v) is 16.9. The molecular weight excluding hydrogens is 463 g/mol. The first-order chi connectivity index (χ1) is 10.7. The Hall–Kier alpha value is -1.17. The van der Waals surface area contributed by atoms with Crippen molar-refractivity contribution in [2.45, 2.75) is 19.4 Å². The van der Waals surface area contributed by atoms with Crippen LogP contribution in [-0.2, 0) is 16.1 Å². The van der Waals surface area contributed by atoms with Crippen LogP contribution in [0.5, 0.6) is 0 Å². The summed E-state index contributed by atoms with van der Waals surface area (Å²) in [5, 5.41) is 8.39. The summed E-state index contributed by atoms with van der Waals surface area (Å²) in [5.74, 6) is 0. The van der Waals surface area contributed by atoms with E-state index in [1.165, 1.54) is 4.43 Å². The van der Waals surface area contributed by atoms with Crippen molar-refractivity contribution in [3.63, 3.8) is 0 Å². The van der Waals surface area contributed by atoms with Gasteiger partial charge in [-0.2, -0.15) is 0 Å². The molecule has 22 heavy (non-hydrogen) atoms. The molecule has 0 atom stereocenters. The second kappa shape index (κ2) is 6.94. The van der Waals surface area contributed by atoms with Crippen molar-refractivity contribution in [2.24, 2.45) is 0 Å². The van der Waals surface area contributed by atoms with Crippen LogP contribution < -0.4 is 10.4 Å². The first kappa shape index (κ1) is 15.7. The molecule has 118 valence electrons. The van der Waals surface area contributed by atoms with E-state index >= 15 is 0 Å². The molecular formula is C20H24PtSi. The van der Waals surface area contributed by atoms with Gasteiger partial charge in [-0.3, -0.25) is 0 Å². The average molecular weight is 488 g/mol. The summed E-state index contributed by atoms with van der Waals surface area (Å²) in [6.07, 6.45) is 9.33. The molecule has 0 fully saturated rings. The van der Waals surface area contributed by atoms with Gasteiger partial charge >= 0.3 is 140 Å². The minimum atomic E-state index is -1.79. The van der Waals surface area contributed by atoms with Crippen LogP contribution in [-0.4, -0.2) is 8.80 Å². The Bertz CT molecular complexity index is 607. The molecule has 0 unspecified atom stereocenters. The first-order valence-electron chi connectivity index (χ1n) is 7.51. The van der Waals surface area contributed by atoms with E-state index in [2.05, 4.69) is 95.6 Å². The predicted octanol–water partition coefficient (Wildman–Crippen LogP) is 4.15. The topological polar surface area (TPSA) is 0 Å². The van der Waals surface area contributed by atoms with E-state index in [4.69, 9.17) is 0 Å². The monoisotopic (exact) mass is 487 g/mol. The van der Waals surface area contributed by atoms with E-state index in [0.29, 0.717) is 0 Å². The molecule has 0 spiro atoms. The Balaban J connectivity index is 1.92. The van der Waals surface area contributed by atoms with E-state index in [1.807, 2.05) is 0 Å². The molecule has 0 N–H and O–H groups in total. The Morgan fingerprint density at radius 2 is 1.23 bits per heavy atom. The molecule has 1 aliphatic rings. The summed E-state index contributed by atoms with van der Waals surface area (Å²) in [6, 6.07) is 22.5. The number of rotatable bonds is 5. The summed E-state index contributed by atoms with van der Waals surface area (Å²) in [6.45, 7) is 0. The van der Waals surface area contributed by atoms with E-state index in [0.717, 1.165) is 4.31 Å². The van der Waals surface area contributed by atoms with Gasteiger partial charge in [0.2, 0.25) is 0 Å². The third-order valence-electron chi connectivity index (χ3n) is 4.11. The second-order valence-electron chi connectivity index (χ2n) is 5.93. The molecule has 2 aromatic rings. The molecule has 0 nitrogen and oxygen atoms in total. The molecule has 0 amide bonds. The molecule has 0 aliphatic heterocycles. The van der Waals surface area contributed by atoms with Gasteiger partial charge in [0.1, 0.15) is 0 Å². The Labute approximate surface area is 139 Å². The van der Waals surface area contributed by atoms with Crippen molar-refractivity contribution in [1.82, 2.24) is 0 Å². The van der Waals surface area contributed by atoms with E-state index in [1.54, 1.807) is 10.4 Å². The molecule has 0 aromatic heterocycles. The predicted molar refractivity (Wildman–Crippen MR) is 97.9 cm³/mol. The zero-order valence-corrected chi connectivity index (χ0v) is 16.7. The summed E-state index contributed by atoms with van der Waals surface area (Å²) >= 11 is -1.79. The third kappa shape index (κ3) is 3.59. The van der Waals surface area contributed by atoms with Crippen molar-refractivity contribution in [3.05, 3.63) is 85.0 Å². The van der Waals surface area contributed by atoms with Crippen molar-refractivity contribution in [1.29, 1.82) is 0 Å². The fourth-order valence-electron chi connectivity index (χ4n) is 2.85. The molecule has 2 aromatic carbocycles. The van der Waals surface area contributed by atoms with Gasteiger partial charge in [-0.15, -0.1) is 0 Å². The number of allylic oxidation sites excluding steroid dienone is 4. The molecule has 0 heterocycles. The fourth-order valence-corrected chi connectivity index (χ4v) is 20.9. The maximum atomic E-state index is 2.60. The Morgan fingerprint density at radius 1 is 0.773 bits per heavy atom. The van der Waals surface area contributed by atoms with Crippen LogP contribution in [0.1, 0.15) is 0 Å². The van der Waals surface area contributed by atoms with Crippen LogP contribution >= 0.6 is 0 Å². The third-order valence-corrected chi connectivity index (χ3v) is 22.3. The average Bonchev–Trinajstić information content (AvgIpc) is 3.10. The minimum absolute atomic E-state index is 0.745. The summed E-state index contributed by atoms with van der Waals surface area (Å²) in [5.41, 5.74) is 0. The molecule has 0 saturated carbocycles. The fraction of sp³-hybridized carbons (Fsp3) is 0.200. The maximum absolute atomic E-state index is 2.60. The van der Waals surface area contributed by atoms with E-state index in [9.17, 15) is 0 Å². The van der Waals surface area contributed by atoms with Gasteiger partial charge < -0.3 is 0 Å². The quantitative estimate of drug-likeness (QED) is 0.556. The number of hydrogen-bond acceptors (Lipinski definition) is 0. The Kier molecular flexibility index (Phi) is 4.95. The number of hydrogen-bond donors (Lipinski definition) is 0. The molecule has 2 heteroatoms. The molecule has 0 bridgehead atoms. The van der Waals surface area contributed by atoms with Crippen LogP contribution in [0.2, 0.25) is 19.4 Å². The number of benzene rings is 2. The van der Waals surface area contributed by atoms with Crippen LogP contribution in [0.15, 0.2) is 85.0 Å². The SMILES string of the molecule is [CH3][Pt]([CH3])([CH2][SiH](c1ccccc1)c1ccccc1)[CH]1C=CC=C1.